The molecule has 106 valence electrons. The summed E-state index contributed by atoms with van der Waals surface area (Å²) in [4.78, 5) is 0. The van der Waals surface area contributed by atoms with Crippen LogP contribution in [0.1, 0.15) is 22.5 Å². The minimum absolute atomic E-state index is 0.149. The predicted octanol–water partition coefficient (Wildman–Crippen LogP) is 2.77. The third kappa shape index (κ3) is 2.15. The third-order valence-electron chi connectivity index (χ3n) is 4.32. The van der Waals surface area contributed by atoms with Gasteiger partial charge in [0, 0.05) is 32.0 Å². The minimum atomic E-state index is 0.149. The van der Waals surface area contributed by atoms with Gasteiger partial charge in [-0.2, -0.15) is 5.10 Å². The van der Waals surface area contributed by atoms with Gasteiger partial charge >= 0.3 is 0 Å². The topological polar surface area (TPSA) is 29.9 Å². The number of nitrogens with one attached hydrogen (secondary N) is 1. The lowest BCUT2D eigenvalue weighted by Crippen LogP contribution is -2.58. The van der Waals surface area contributed by atoms with Crippen LogP contribution < -0.4 is 5.32 Å². The van der Waals surface area contributed by atoms with Gasteiger partial charge in [-0.15, -0.1) is 0 Å². The number of hydrogen-bond donors (Lipinski definition) is 1. The summed E-state index contributed by atoms with van der Waals surface area (Å²) in [5, 5.41) is 8.65. The lowest BCUT2D eigenvalue weighted by Gasteiger charge is -2.43. The monoisotopic (exact) mass is 289 g/mol. The van der Waals surface area contributed by atoms with Crippen molar-refractivity contribution in [2.45, 2.75) is 25.7 Å². The second kappa shape index (κ2) is 4.90. The molecule has 0 bridgehead atoms. The van der Waals surface area contributed by atoms with E-state index < -0.39 is 0 Å². The van der Waals surface area contributed by atoms with Crippen molar-refractivity contribution in [1.29, 1.82) is 0 Å². The van der Waals surface area contributed by atoms with Gasteiger partial charge < -0.3 is 5.32 Å². The molecular formula is C16H20ClN3. The van der Waals surface area contributed by atoms with Crippen molar-refractivity contribution >= 4 is 11.6 Å². The number of hydrogen-bond acceptors (Lipinski definition) is 2. The van der Waals surface area contributed by atoms with Gasteiger partial charge in [0.2, 0.25) is 0 Å². The zero-order chi connectivity index (χ0) is 14.3. The molecule has 1 N–H and O–H groups in total. The second-order valence-electron chi connectivity index (χ2n) is 5.90. The Morgan fingerprint density at radius 2 is 2.10 bits per heavy atom. The van der Waals surface area contributed by atoms with Crippen LogP contribution in [0.15, 0.2) is 24.3 Å². The summed E-state index contributed by atoms with van der Waals surface area (Å²) in [5.41, 5.74) is 4.89. The average molecular weight is 290 g/mol. The minimum Gasteiger partial charge on any atom is -0.315 e. The van der Waals surface area contributed by atoms with Gasteiger partial charge in [0.25, 0.3) is 0 Å². The number of nitrogens with zero attached hydrogens (tertiary/aromatic N) is 2. The van der Waals surface area contributed by atoms with Crippen LogP contribution in [-0.4, -0.2) is 22.9 Å². The molecule has 1 saturated heterocycles. The smallest absolute Gasteiger partial charge is 0.0847 e. The van der Waals surface area contributed by atoms with Crippen LogP contribution in [0.3, 0.4) is 0 Å². The van der Waals surface area contributed by atoms with Crippen molar-refractivity contribution in [2.75, 3.05) is 13.1 Å². The summed E-state index contributed by atoms with van der Waals surface area (Å²) in [7, 11) is 1.98. The van der Waals surface area contributed by atoms with E-state index in [1.165, 1.54) is 11.1 Å². The molecular weight excluding hydrogens is 270 g/mol. The van der Waals surface area contributed by atoms with E-state index in [0.717, 1.165) is 35.9 Å². The van der Waals surface area contributed by atoms with Crippen molar-refractivity contribution in [1.82, 2.24) is 15.1 Å². The molecule has 2 aromatic rings. The van der Waals surface area contributed by atoms with E-state index in [0.29, 0.717) is 0 Å². The summed E-state index contributed by atoms with van der Waals surface area (Å²) < 4.78 is 1.92. The van der Waals surface area contributed by atoms with Crippen molar-refractivity contribution in [2.24, 2.45) is 7.05 Å². The highest BCUT2D eigenvalue weighted by Gasteiger charge is 2.40. The summed E-state index contributed by atoms with van der Waals surface area (Å²) in [6.07, 6.45) is 0.930. The zero-order valence-corrected chi connectivity index (χ0v) is 13.0. The standard InChI is InChI=1S/C16H20ClN3/c1-11-5-4-6-13(7-11)16(9-18-10-16)8-14-15(17)12(2)19-20(14)3/h4-7,18H,8-10H2,1-3H3. The fraction of sp³-hybridized carbons (Fsp3) is 0.438. The number of rotatable bonds is 3. The molecule has 0 spiro atoms. The lowest BCUT2D eigenvalue weighted by atomic mass is 9.71. The molecule has 3 nitrogen and oxygen atoms in total. The van der Waals surface area contributed by atoms with Gasteiger partial charge in [-0.25, -0.2) is 0 Å². The van der Waals surface area contributed by atoms with E-state index in [4.69, 9.17) is 11.6 Å². The van der Waals surface area contributed by atoms with E-state index in [1.54, 1.807) is 0 Å². The molecule has 1 aliphatic heterocycles. The summed E-state index contributed by atoms with van der Waals surface area (Å²) in [6, 6.07) is 8.80. The summed E-state index contributed by atoms with van der Waals surface area (Å²) in [6.45, 7) is 6.10. The SMILES string of the molecule is Cc1cccc(C2(Cc3c(Cl)c(C)nn3C)CNC2)c1. The Kier molecular flexibility index (Phi) is 3.35. The Labute approximate surface area is 124 Å². The van der Waals surface area contributed by atoms with E-state index in [-0.39, 0.29) is 5.41 Å². The Bertz CT molecular complexity index is 641. The lowest BCUT2D eigenvalue weighted by molar-refractivity contribution is 0.269. The first kappa shape index (κ1) is 13.7. The molecule has 1 aromatic heterocycles. The summed E-state index contributed by atoms with van der Waals surface area (Å²) in [5.74, 6) is 0. The molecule has 1 fully saturated rings. The first-order chi connectivity index (χ1) is 9.52. The van der Waals surface area contributed by atoms with Crippen LogP contribution in [0.2, 0.25) is 5.02 Å². The molecule has 0 amide bonds. The van der Waals surface area contributed by atoms with Crippen LogP contribution in [0, 0.1) is 13.8 Å². The predicted molar refractivity (Wildman–Crippen MR) is 82.4 cm³/mol. The van der Waals surface area contributed by atoms with Crippen molar-refractivity contribution in [3.05, 3.63) is 51.8 Å². The number of halogens is 1. The number of aryl methyl sites for hydroxylation is 3. The van der Waals surface area contributed by atoms with Crippen molar-refractivity contribution in [3.8, 4) is 0 Å². The molecule has 0 unspecified atom stereocenters. The largest absolute Gasteiger partial charge is 0.315 e. The molecule has 2 heterocycles. The van der Waals surface area contributed by atoms with Gasteiger partial charge in [0.1, 0.15) is 0 Å². The molecule has 20 heavy (non-hydrogen) atoms. The molecule has 0 radical (unpaired) electrons. The second-order valence-corrected chi connectivity index (χ2v) is 6.28. The summed E-state index contributed by atoms with van der Waals surface area (Å²) >= 11 is 6.42. The van der Waals surface area contributed by atoms with Gasteiger partial charge in [0.15, 0.2) is 0 Å². The molecule has 1 aromatic carbocycles. The van der Waals surface area contributed by atoms with Gasteiger partial charge in [0.05, 0.1) is 16.4 Å². The maximum absolute atomic E-state index is 6.42. The fourth-order valence-corrected chi connectivity index (χ4v) is 3.25. The molecule has 1 aliphatic rings. The number of aromatic nitrogens is 2. The maximum Gasteiger partial charge on any atom is 0.0847 e. The van der Waals surface area contributed by atoms with Crippen LogP contribution >= 0.6 is 11.6 Å². The Hall–Kier alpha value is -1.32. The Morgan fingerprint density at radius 3 is 2.60 bits per heavy atom. The Balaban J connectivity index is 1.98. The number of benzene rings is 1. The van der Waals surface area contributed by atoms with E-state index in [9.17, 15) is 0 Å². The fourth-order valence-electron chi connectivity index (χ4n) is 3.03. The van der Waals surface area contributed by atoms with Gasteiger partial charge in [-0.05, 0) is 19.4 Å². The molecule has 0 atom stereocenters. The maximum atomic E-state index is 6.42. The highest BCUT2D eigenvalue weighted by Crippen LogP contribution is 2.35. The molecule has 4 heteroatoms. The normalized spacial score (nSPS) is 17.0. The van der Waals surface area contributed by atoms with E-state index in [2.05, 4.69) is 41.6 Å². The third-order valence-corrected chi connectivity index (χ3v) is 4.82. The van der Waals surface area contributed by atoms with Crippen LogP contribution in [0.25, 0.3) is 0 Å². The zero-order valence-electron chi connectivity index (χ0n) is 12.2. The molecule has 0 saturated carbocycles. The highest BCUT2D eigenvalue weighted by atomic mass is 35.5. The van der Waals surface area contributed by atoms with Crippen molar-refractivity contribution in [3.63, 3.8) is 0 Å². The van der Waals surface area contributed by atoms with E-state index in [1.807, 2.05) is 18.7 Å². The first-order valence-corrected chi connectivity index (χ1v) is 7.35. The molecule has 0 aliphatic carbocycles. The van der Waals surface area contributed by atoms with Crippen LogP contribution in [0.5, 0.6) is 0 Å². The van der Waals surface area contributed by atoms with Crippen LogP contribution in [0.4, 0.5) is 0 Å². The highest BCUT2D eigenvalue weighted by molar-refractivity contribution is 6.31. The average Bonchev–Trinajstić information content (AvgIpc) is 2.59. The van der Waals surface area contributed by atoms with Crippen LogP contribution in [-0.2, 0) is 18.9 Å². The van der Waals surface area contributed by atoms with Gasteiger partial charge in [-0.3, -0.25) is 4.68 Å². The Morgan fingerprint density at radius 1 is 1.35 bits per heavy atom. The van der Waals surface area contributed by atoms with Gasteiger partial charge in [-0.1, -0.05) is 41.4 Å². The van der Waals surface area contributed by atoms with Crippen molar-refractivity contribution < 1.29 is 0 Å². The molecule has 3 rings (SSSR count). The van der Waals surface area contributed by atoms with E-state index >= 15 is 0 Å². The quantitative estimate of drug-likeness (QED) is 0.942. The first-order valence-electron chi connectivity index (χ1n) is 6.98.